The van der Waals surface area contributed by atoms with Gasteiger partial charge in [-0.3, -0.25) is 4.90 Å². The molecule has 0 aromatic carbocycles. The Hall–Kier alpha value is 0.270. The summed E-state index contributed by atoms with van der Waals surface area (Å²) in [6, 6.07) is 2.05. The van der Waals surface area contributed by atoms with Crippen molar-refractivity contribution in [2.24, 2.45) is 0 Å². The summed E-state index contributed by atoms with van der Waals surface area (Å²) in [4.78, 5) is 2.68. The Balaban J connectivity index is 2.31. The first-order chi connectivity index (χ1) is 7.52. The molecule has 0 aromatic heterocycles. The van der Waals surface area contributed by atoms with Gasteiger partial charge in [-0.15, -0.1) is 0 Å². The molecule has 0 radical (unpaired) electrons. The van der Waals surface area contributed by atoms with Crippen LogP contribution in [0.3, 0.4) is 0 Å². The molecule has 1 fully saturated rings. The highest BCUT2D eigenvalue weighted by atomic mass is 32.2. The van der Waals surface area contributed by atoms with Crippen LogP contribution in [0.4, 0.5) is 0 Å². The van der Waals surface area contributed by atoms with Crippen LogP contribution in [0, 0.1) is 0 Å². The second-order valence-electron chi connectivity index (χ2n) is 5.30. The van der Waals surface area contributed by atoms with E-state index in [2.05, 4.69) is 56.6 Å². The smallest absolute Gasteiger partial charge is 0.0186 e. The molecule has 3 unspecified atom stereocenters. The van der Waals surface area contributed by atoms with Crippen LogP contribution in [0.15, 0.2) is 0 Å². The standard InChI is InChI=1S/C13H28N2S/c1-10(2)14-7-6-11(3)15-8-9-16-13(5)12(15)4/h10-14H,6-9H2,1-5H3. The lowest BCUT2D eigenvalue weighted by atomic mass is 10.1. The molecule has 1 heterocycles. The monoisotopic (exact) mass is 244 g/mol. The van der Waals surface area contributed by atoms with Crippen LogP contribution in [0.2, 0.25) is 0 Å². The first-order valence-corrected chi connectivity index (χ1v) is 7.68. The van der Waals surface area contributed by atoms with Gasteiger partial charge in [0.25, 0.3) is 0 Å². The van der Waals surface area contributed by atoms with Gasteiger partial charge >= 0.3 is 0 Å². The van der Waals surface area contributed by atoms with Crippen molar-refractivity contribution in [1.29, 1.82) is 0 Å². The zero-order chi connectivity index (χ0) is 12.1. The van der Waals surface area contributed by atoms with Crippen LogP contribution in [0.5, 0.6) is 0 Å². The van der Waals surface area contributed by atoms with E-state index in [1.54, 1.807) is 0 Å². The van der Waals surface area contributed by atoms with E-state index in [1.807, 2.05) is 0 Å². The maximum Gasteiger partial charge on any atom is 0.0186 e. The Morgan fingerprint density at radius 3 is 2.62 bits per heavy atom. The molecule has 96 valence electrons. The summed E-state index contributed by atoms with van der Waals surface area (Å²) in [6.07, 6.45) is 1.26. The lowest BCUT2D eigenvalue weighted by Gasteiger charge is -2.41. The van der Waals surface area contributed by atoms with Crippen LogP contribution in [0.25, 0.3) is 0 Å². The topological polar surface area (TPSA) is 15.3 Å². The number of thioether (sulfide) groups is 1. The zero-order valence-electron chi connectivity index (χ0n) is 11.5. The van der Waals surface area contributed by atoms with Gasteiger partial charge in [0.15, 0.2) is 0 Å². The first kappa shape index (κ1) is 14.3. The van der Waals surface area contributed by atoms with Crippen LogP contribution < -0.4 is 5.32 Å². The van der Waals surface area contributed by atoms with Gasteiger partial charge in [0, 0.05) is 35.7 Å². The van der Waals surface area contributed by atoms with Crippen LogP contribution >= 0.6 is 11.8 Å². The van der Waals surface area contributed by atoms with E-state index in [0.29, 0.717) is 12.1 Å². The number of nitrogens with zero attached hydrogens (tertiary/aromatic N) is 1. The summed E-state index contributed by atoms with van der Waals surface area (Å²) in [5.74, 6) is 1.30. The minimum Gasteiger partial charge on any atom is -0.314 e. The van der Waals surface area contributed by atoms with Crippen molar-refractivity contribution in [3.8, 4) is 0 Å². The van der Waals surface area contributed by atoms with Crippen molar-refractivity contribution in [2.75, 3.05) is 18.8 Å². The molecule has 0 aromatic rings. The van der Waals surface area contributed by atoms with Gasteiger partial charge in [0.1, 0.15) is 0 Å². The van der Waals surface area contributed by atoms with Crippen molar-refractivity contribution in [1.82, 2.24) is 10.2 Å². The quantitative estimate of drug-likeness (QED) is 0.800. The Bertz CT molecular complexity index is 196. The van der Waals surface area contributed by atoms with Crippen molar-refractivity contribution < 1.29 is 0 Å². The fraction of sp³-hybridized carbons (Fsp3) is 1.00. The summed E-state index contributed by atoms with van der Waals surface area (Å²) in [6.45, 7) is 14.0. The van der Waals surface area contributed by atoms with Gasteiger partial charge in [-0.25, -0.2) is 0 Å². The van der Waals surface area contributed by atoms with Gasteiger partial charge < -0.3 is 5.32 Å². The predicted octanol–water partition coefficient (Wildman–Crippen LogP) is 2.59. The third-order valence-corrected chi connectivity index (χ3v) is 4.95. The van der Waals surface area contributed by atoms with Gasteiger partial charge in [-0.1, -0.05) is 20.8 Å². The SMILES string of the molecule is CC(C)NCCC(C)N1CCSC(C)C1C. The van der Waals surface area contributed by atoms with Gasteiger partial charge in [-0.05, 0) is 26.8 Å². The molecular weight excluding hydrogens is 216 g/mol. The number of hydrogen-bond acceptors (Lipinski definition) is 3. The molecule has 1 N–H and O–H groups in total. The summed E-state index contributed by atoms with van der Waals surface area (Å²) in [7, 11) is 0. The van der Waals surface area contributed by atoms with E-state index in [9.17, 15) is 0 Å². The molecule has 0 amide bonds. The highest BCUT2D eigenvalue weighted by Gasteiger charge is 2.28. The molecule has 1 aliphatic rings. The molecule has 16 heavy (non-hydrogen) atoms. The number of hydrogen-bond donors (Lipinski definition) is 1. The maximum atomic E-state index is 3.51. The summed E-state index contributed by atoms with van der Waals surface area (Å²) in [5, 5.41) is 4.30. The third-order valence-electron chi connectivity index (χ3n) is 3.61. The van der Waals surface area contributed by atoms with Crippen molar-refractivity contribution >= 4 is 11.8 Å². The second kappa shape index (κ2) is 6.87. The number of rotatable bonds is 5. The van der Waals surface area contributed by atoms with Crippen molar-refractivity contribution in [2.45, 2.75) is 64.4 Å². The van der Waals surface area contributed by atoms with Crippen LogP contribution in [-0.4, -0.2) is 47.1 Å². The highest BCUT2D eigenvalue weighted by molar-refractivity contribution is 8.00. The van der Waals surface area contributed by atoms with E-state index >= 15 is 0 Å². The number of nitrogens with one attached hydrogen (secondary N) is 1. The summed E-state index contributed by atoms with van der Waals surface area (Å²) < 4.78 is 0. The van der Waals surface area contributed by atoms with Crippen molar-refractivity contribution in [3.05, 3.63) is 0 Å². The Kier molecular flexibility index (Phi) is 6.16. The molecule has 1 saturated heterocycles. The molecule has 1 aliphatic heterocycles. The normalized spacial score (nSPS) is 29.6. The average molecular weight is 244 g/mol. The molecule has 0 spiro atoms. The first-order valence-electron chi connectivity index (χ1n) is 6.63. The summed E-state index contributed by atoms with van der Waals surface area (Å²) >= 11 is 2.12. The van der Waals surface area contributed by atoms with Gasteiger partial charge in [0.2, 0.25) is 0 Å². The zero-order valence-corrected chi connectivity index (χ0v) is 12.3. The van der Waals surface area contributed by atoms with Gasteiger partial charge in [0.05, 0.1) is 0 Å². The second-order valence-corrected chi connectivity index (χ2v) is 6.79. The van der Waals surface area contributed by atoms with E-state index < -0.39 is 0 Å². The Labute approximate surface area is 106 Å². The fourth-order valence-corrected chi connectivity index (χ4v) is 3.45. The highest BCUT2D eigenvalue weighted by Crippen LogP contribution is 2.26. The summed E-state index contributed by atoms with van der Waals surface area (Å²) in [5.41, 5.74) is 0. The fourth-order valence-electron chi connectivity index (χ4n) is 2.33. The third kappa shape index (κ3) is 4.27. The lowest BCUT2D eigenvalue weighted by molar-refractivity contribution is 0.149. The molecule has 3 atom stereocenters. The molecule has 0 bridgehead atoms. The maximum absolute atomic E-state index is 3.51. The molecule has 1 rings (SSSR count). The van der Waals surface area contributed by atoms with E-state index in [0.717, 1.165) is 17.8 Å². The Morgan fingerprint density at radius 2 is 2.00 bits per heavy atom. The van der Waals surface area contributed by atoms with Crippen molar-refractivity contribution in [3.63, 3.8) is 0 Å². The molecule has 2 nitrogen and oxygen atoms in total. The molecular formula is C13H28N2S. The molecule has 0 aliphatic carbocycles. The van der Waals surface area contributed by atoms with Crippen LogP contribution in [-0.2, 0) is 0 Å². The van der Waals surface area contributed by atoms with Gasteiger partial charge in [-0.2, -0.15) is 11.8 Å². The minimum atomic E-state index is 0.612. The van der Waals surface area contributed by atoms with E-state index in [1.165, 1.54) is 18.7 Å². The van der Waals surface area contributed by atoms with E-state index in [4.69, 9.17) is 0 Å². The van der Waals surface area contributed by atoms with E-state index in [-0.39, 0.29) is 0 Å². The predicted molar refractivity (Wildman–Crippen MR) is 75.3 cm³/mol. The Morgan fingerprint density at radius 1 is 1.31 bits per heavy atom. The molecule has 0 saturated carbocycles. The average Bonchev–Trinajstić information content (AvgIpc) is 2.21. The van der Waals surface area contributed by atoms with Crippen LogP contribution in [0.1, 0.15) is 41.0 Å². The molecule has 3 heteroatoms. The minimum absolute atomic E-state index is 0.612. The largest absolute Gasteiger partial charge is 0.314 e. The lowest BCUT2D eigenvalue weighted by Crippen LogP contribution is -2.49.